The van der Waals surface area contributed by atoms with E-state index in [1.54, 1.807) is 0 Å². The van der Waals surface area contributed by atoms with Crippen molar-refractivity contribution < 1.29 is 0 Å². The van der Waals surface area contributed by atoms with Crippen LogP contribution in [0.15, 0.2) is 48.1 Å². The third-order valence-corrected chi connectivity index (χ3v) is 1.61. The van der Waals surface area contributed by atoms with Gasteiger partial charge in [0.25, 0.3) is 0 Å². The third kappa shape index (κ3) is 4.73. The van der Waals surface area contributed by atoms with Crippen molar-refractivity contribution in [1.82, 2.24) is 0 Å². The molecular weight excluding hydrogens is 144 g/mol. The molecule has 0 aliphatic carbocycles. The lowest BCUT2D eigenvalue weighted by Crippen LogP contribution is -1.76. The molecule has 0 unspecified atom stereocenters. The zero-order chi connectivity index (χ0) is 9.40. The summed E-state index contributed by atoms with van der Waals surface area (Å²) < 4.78 is 0. The molecule has 0 radical (unpaired) electrons. The van der Waals surface area contributed by atoms with E-state index in [4.69, 9.17) is 0 Å². The molecule has 0 heterocycles. The number of rotatable bonds is 4. The average molecular weight is 162 g/mol. The fourth-order valence-corrected chi connectivity index (χ4v) is 0.895. The highest BCUT2D eigenvalue weighted by atomic mass is 13.9. The Hall–Kier alpha value is -1.04. The molecule has 0 amide bonds. The summed E-state index contributed by atoms with van der Waals surface area (Å²) in [5.41, 5.74) is 2.34. The van der Waals surface area contributed by atoms with Crippen LogP contribution < -0.4 is 0 Å². The minimum Gasteiger partial charge on any atom is -0.0955 e. The van der Waals surface area contributed by atoms with Gasteiger partial charge >= 0.3 is 0 Å². The molecular formula is C12H18. The Labute approximate surface area is 76.0 Å². The van der Waals surface area contributed by atoms with Crippen molar-refractivity contribution in [2.45, 2.75) is 27.2 Å². The minimum absolute atomic E-state index is 1.00. The lowest BCUT2D eigenvalue weighted by Gasteiger charge is -1.97. The molecule has 0 aromatic rings. The first-order valence-electron chi connectivity index (χ1n) is 4.32. The normalized spacial score (nSPS) is 13.1. The lowest BCUT2D eigenvalue weighted by molar-refractivity contribution is 1.34. The van der Waals surface area contributed by atoms with E-state index in [0.29, 0.717) is 0 Å². The van der Waals surface area contributed by atoms with Crippen LogP contribution in [-0.2, 0) is 0 Å². The van der Waals surface area contributed by atoms with Gasteiger partial charge in [0.15, 0.2) is 0 Å². The third-order valence-electron chi connectivity index (χ3n) is 1.61. The summed E-state index contributed by atoms with van der Waals surface area (Å²) in [4.78, 5) is 0. The van der Waals surface area contributed by atoms with Gasteiger partial charge < -0.3 is 0 Å². The van der Waals surface area contributed by atoms with Gasteiger partial charge in [-0.25, -0.2) is 0 Å². The van der Waals surface area contributed by atoms with Crippen molar-refractivity contribution in [3.05, 3.63) is 48.1 Å². The highest BCUT2D eigenvalue weighted by Crippen LogP contribution is 2.08. The van der Waals surface area contributed by atoms with Gasteiger partial charge in [-0.05, 0) is 32.8 Å². The summed E-state index contributed by atoms with van der Waals surface area (Å²) in [6.07, 6.45) is 11.5. The van der Waals surface area contributed by atoms with Crippen LogP contribution in [0, 0.1) is 0 Å². The van der Waals surface area contributed by atoms with Crippen LogP contribution >= 0.6 is 0 Å². The van der Waals surface area contributed by atoms with Crippen LogP contribution in [0.3, 0.4) is 0 Å². The monoisotopic (exact) mass is 162 g/mol. The van der Waals surface area contributed by atoms with Gasteiger partial charge in [0.05, 0.1) is 0 Å². The van der Waals surface area contributed by atoms with Gasteiger partial charge in [-0.2, -0.15) is 0 Å². The summed E-state index contributed by atoms with van der Waals surface area (Å²) >= 11 is 0. The summed E-state index contributed by atoms with van der Waals surface area (Å²) in [6.45, 7) is 9.97. The second-order valence-electron chi connectivity index (χ2n) is 2.73. The number of allylic oxidation sites excluding steroid dienone is 7. The van der Waals surface area contributed by atoms with Crippen molar-refractivity contribution in [3.63, 3.8) is 0 Å². The van der Waals surface area contributed by atoms with E-state index in [9.17, 15) is 0 Å². The number of hydrogen-bond donors (Lipinski definition) is 0. The van der Waals surface area contributed by atoms with E-state index >= 15 is 0 Å². The highest BCUT2D eigenvalue weighted by molar-refractivity contribution is 5.35. The Bertz CT molecular complexity index is 214. The minimum atomic E-state index is 1.00. The van der Waals surface area contributed by atoms with E-state index in [1.807, 2.05) is 20.8 Å². The van der Waals surface area contributed by atoms with E-state index in [0.717, 1.165) is 12.0 Å². The van der Waals surface area contributed by atoms with E-state index in [2.05, 4.69) is 37.0 Å². The smallest absolute Gasteiger partial charge is 0.0166 e. The molecule has 0 nitrogen and oxygen atoms in total. The Balaban J connectivity index is 4.04. The zero-order valence-corrected chi connectivity index (χ0v) is 8.30. The summed E-state index contributed by atoms with van der Waals surface area (Å²) in [7, 11) is 0. The molecule has 0 spiro atoms. The second-order valence-corrected chi connectivity index (χ2v) is 2.73. The van der Waals surface area contributed by atoms with Crippen molar-refractivity contribution in [2.75, 3.05) is 0 Å². The van der Waals surface area contributed by atoms with Crippen LogP contribution in [0.1, 0.15) is 27.2 Å². The molecule has 0 saturated carbocycles. The predicted octanol–water partition coefficient (Wildman–Crippen LogP) is 4.03. The van der Waals surface area contributed by atoms with E-state index in [-0.39, 0.29) is 0 Å². The van der Waals surface area contributed by atoms with Gasteiger partial charge in [-0.3, -0.25) is 0 Å². The summed E-state index contributed by atoms with van der Waals surface area (Å²) in [5.74, 6) is 0. The SMILES string of the molecule is C=C(C)C(/C=C\C/C=C\C)=C/C. The first-order chi connectivity index (χ1) is 5.72. The molecule has 0 N–H and O–H groups in total. The molecule has 0 heteroatoms. The average Bonchev–Trinajstić information content (AvgIpc) is 2.04. The summed E-state index contributed by atoms with van der Waals surface area (Å²) in [5, 5.41) is 0. The first kappa shape index (κ1) is 11.0. The first-order valence-corrected chi connectivity index (χ1v) is 4.32. The fourth-order valence-electron chi connectivity index (χ4n) is 0.895. The van der Waals surface area contributed by atoms with Crippen LogP contribution in [0.5, 0.6) is 0 Å². The molecule has 0 rings (SSSR count). The van der Waals surface area contributed by atoms with Crippen LogP contribution in [0.4, 0.5) is 0 Å². The topological polar surface area (TPSA) is 0 Å². The van der Waals surface area contributed by atoms with Gasteiger partial charge in [-0.15, -0.1) is 0 Å². The quantitative estimate of drug-likeness (QED) is 0.432. The Kier molecular flexibility index (Phi) is 6.08. The lowest BCUT2D eigenvalue weighted by atomic mass is 10.1. The molecule has 12 heavy (non-hydrogen) atoms. The maximum Gasteiger partial charge on any atom is -0.0166 e. The molecule has 0 fully saturated rings. The maximum atomic E-state index is 3.89. The second kappa shape index (κ2) is 6.66. The van der Waals surface area contributed by atoms with Crippen molar-refractivity contribution in [1.29, 1.82) is 0 Å². The van der Waals surface area contributed by atoms with Gasteiger partial charge in [0.1, 0.15) is 0 Å². The standard InChI is InChI=1S/C12H18/c1-5-7-8-9-10-12(6-2)11(3)4/h5-7,9-10H,3,8H2,1-2,4H3/b7-5-,10-9-,12-6+. The molecule has 0 atom stereocenters. The van der Waals surface area contributed by atoms with Gasteiger partial charge in [0.2, 0.25) is 0 Å². The summed E-state index contributed by atoms with van der Waals surface area (Å²) in [6, 6.07) is 0. The van der Waals surface area contributed by atoms with Crippen molar-refractivity contribution >= 4 is 0 Å². The van der Waals surface area contributed by atoms with Crippen molar-refractivity contribution in [2.24, 2.45) is 0 Å². The van der Waals surface area contributed by atoms with Crippen LogP contribution in [0.2, 0.25) is 0 Å². The van der Waals surface area contributed by atoms with Crippen LogP contribution in [-0.4, -0.2) is 0 Å². The Morgan fingerprint density at radius 1 is 1.25 bits per heavy atom. The zero-order valence-electron chi connectivity index (χ0n) is 8.30. The molecule has 0 bridgehead atoms. The van der Waals surface area contributed by atoms with Crippen molar-refractivity contribution in [3.8, 4) is 0 Å². The molecule has 0 saturated heterocycles. The number of hydrogen-bond acceptors (Lipinski definition) is 0. The molecule has 0 aliphatic heterocycles. The maximum absolute atomic E-state index is 3.89. The predicted molar refractivity (Wildman–Crippen MR) is 57.1 cm³/mol. The molecule has 0 aromatic carbocycles. The fraction of sp³-hybridized carbons (Fsp3) is 0.333. The Morgan fingerprint density at radius 2 is 1.92 bits per heavy atom. The van der Waals surface area contributed by atoms with Crippen LogP contribution in [0.25, 0.3) is 0 Å². The van der Waals surface area contributed by atoms with E-state index < -0.39 is 0 Å². The molecule has 0 aliphatic rings. The van der Waals surface area contributed by atoms with E-state index in [1.165, 1.54) is 5.57 Å². The Morgan fingerprint density at radius 3 is 2.33 bits per heavy atom. The highest BCUT2D eigenvalue weighted by Gasteiger charge is 1.87. The molecule has 66 valence electrons. The molecule has 0 aromatic heterocycles. The van der Waals surface area contributed by atoms with Gasteiger partial charge in [-0.1, -0.05) is 42.5 Å². The van der Waals surface area contributed by atoms with Gasteiger partial charge in [0, 0.05) is 0 Å². The largest absolute Gasteiger partial charge is 0.0955 e.